The lowest BCUT2D eigenvalue weighted by molar-refractivity contribution is -0.290. The molecule has 0 aromatic rings. The van der Waals surface area contributed by atoms with E-state index in [1.165, 1.54) is 0 Å². The minimum Gasteiger partial charge on any atom is -0.476 e. The smallest absolute Gasteiger partial charge is 0.407 e. The summed E-state index contributed by atoms with van der Waals surface area (Å²) in [7, 11) is 0. The number of aliphatic hydroxyl groups is 4. The molecule has 0 spiro atoms. The van der Waals surface area contributed by atoms with E-state index in [0.29, 0.717) is 0 Å². The summed E-state index contributed by atoms with van der Waals surface area (Å²) in [5, 5.41) is 46.9. The standard InChI is InChI=1S/C10H18N2O9/c11-5-3(14)1-10(8(17)18,21-9(12)19)20-7(5)6(16)4(15)2-13/h3-7,13-16H,1-2,11H2,(H2,12,19)(H,17,18)/t3-,4?,5+,6?,7+,10?/m0/s1. The van der Waals surface area contributed by atoms with Crippen molar-refractivity contribution in [1.29, 1.82) is 0 Å². The number of carboxylic acid groups (broad SMARTS) is 1. The monoisotopic (exact) mass is 310 g/mol. The van der Waals surface area contributed by atoms with Gasteiger partial charge in [-0.1, -0.05) is 0 Å². The van der Waals surface area contributed by atoms with Gasteiger partial charge in [-0.3, -0.25) is 0 Å². The molecule has 6 atom stereocenters. The molecule has 122 valence electrons. The highest BCUT2D eigenvalue weighted by Crippen LogP contribution is 2.32. The van der Waals surface area contributed by atoms with Gasteiger partial charge in [0, 0.05) is 0 Å². The van der Waals surface area contributed by atoms with Crippen LogP contribution in [0.2, 0.25) is 0 Å². The summed E-state index contributed by atoms with van der Waals surface area (Å²) in [6, 6.07) is -1.29. The van der Waals surface area contributed by atoms with Crippen LogP contribution in [0.1, 0.15) is 6.42 Å². The predicted molar refractivity (Wildman–Crippen MR) is 63.6 cm³/mol. The van der Waals surface area contributed by atoms with Crippen molar-refractivity contribution in [2.45, 2.75) is 42.7 Å². The normalized spacial score (nSPS) is 35.8. The number of aliphatic hydroxyl groups excluding tert-OH is 4. The van der Waals surface area contributed by atoms with E-state index in [9.17, 15) is 24.9 Å². The fraction of sp³-hybridized carbons (Fsp3) is 0.800. The molecule has 1 saturated heterocycles. The molecule has 0 aliphatic carbocycles. The molecule has 0 saturated carbocycles. The van der Waals surface area contributed by atoms with Gasteiger partial charge in [-0.15, -0.1) is 0 Å². The third-order valence-corrected chi connectivity index (χ3v) is 3.14. The molecule has 1 rings (SSSR count). The van der Waals surface area contributed by atoms with Crippen molar-refractivity contribution in [3.63, 3.8) is 0 Å². The average Bonchev–Trinajstić information content (AvgIpc) is 2.40. The zero-order chi connectivity index (χ0) is 16.4. The third-order valence-electron chi connectivity index (χ3n) is 3.14. The van der Waals surface area contributed by atoms with Crippen molar-refractivity contribution in [2.75, 3.05) is 6.61 Å². The van der Waals surface area contributed by atoms with E-state index in [-0.39, 0.29) is 0 Å². The maximum Gasteiger partial charge on any atom is 0.407 e. The van der Waals surface area contributed by atoms with E-state index in [1.807, 2.05) is 0 Å². The number of hydrogen-bond donors (Lipinski definition) is 7. The van der Waals surface area contributed by atoms with E-state index in [1.54, 1.807) is 0 Å². The first kappa shape index (κ1) is 17.6. The highest BCUT2D eigenvalue weighted by atomic mass is 16.7. The minimum atomic E-state index is -2.65. The van der Waals surface area contributed by atoms with Crippen LogP contribution in [-0.2, 0) is 14.3 Å². The van der Waals surface area contributed by atoms with Crippen LogP contribution in [0.15, 0.2) is 0 Å². The van der Waals surface area contributed by atoms with Gasteiger partial charge in [-0.25, -0.2) is 9.59 Å². The Bertz CT molecular complexity index is 406. The molecule has 1 aliphatic heterocycles. The Morgan fingerprint density at radius 2 is 2.00 bits per heavy atom. The van der Waals surface area contributed by atoms with Crippen molar-refractivity contribution < 1.29 is 44.6 Å². The van der Waals surface area contributed by atoms with E-state index in [0.717, 1.165) is 0 Å². The first-order chi connectivity index (χ1) is 9.64. The summed E-state index contributed by atoms with van der Waals surface area (Å²) in [5.74, 6) is -4.43. The van der Waals surface area contributed by atoms with Gasteiger partial charge in [-0.05, 0) is 0 Å². The lowest BCUT2D eigenvalue weighted by atomic mass is 9.89. The number of rotatable bonds is 5. The number of aliphatic carboxylic acids is 1. The molecular weight excluding hydrogens is 292 g/mol. The van der Waals surface area contributed by atoms with Gasteiger partial charge < -0.3 is 46.5 Å². The molecule has 0 aromatic heterocycles. The zero-order valence-corrected chi connectivity index (χ0v) is 10.8. The molecule has 3 unspecified atom stereocenters. The van der Waals surface area contributed by atoms with Crippen molar-refractivity contribution in [1.82, 2.24) is 0 Å². The van der Waals surface area contributed by atoms with Crippen molar-refractivity contribution in [2.24, 2.45) is 11.5 Å². The van der Waals surface area contributed by atoms with E-state index in [4.69, 9.17) is 26.4 Å². The Balaban J connectivity index is 3.09. The van der Waals surface area contributed by atoms with E-state index >= 15 is 0 Å². The average molecular weight is 310 g/mol. The highest BCUT2D eigenvalue weighted by Gasteiger charge is 2.56. The topological polar surface area (TPSA) is 206 Å². The molecule has 11 nitrogen and oxygen atoms in total. The molecule has 0 aromatic carbocycles. The summed E-state index contributed by atoms with van der Waals surface area (Å²) in [4.78, 5) is 22.1. The largest absolute Gasteiger partial charge is 0.476 e. The first-order valence-electron chi connectivity index (χ1n) is 5.95. The maximum absolute atomic E-state index is 11.3. The molecule has 21 heavy (non-hydrogen) atoms. The van der Waals surface area contributed by atoms with Gasteiger partial charge in [0.1, 0.15) is 18.3 Å². The number of ether oxygens (including phenoxy) is 2. The summed E-state index contributed by atoms with van der Waals surface area (Å²) < 4.78 is 9.38. The van der Waals surface area contributed by atoms with Crippen LogP contribution < -0.4 is 11.5 Å². The summed E-state index contributed by atoms with van der Waals surface area (Å²) in [6.45, 7) is -0.861. The van der Waals surface area contributed by atoms with Crippen molar-refractivity contribution >= 4 is 12.1 Å². The highest BCUT2D eigenvalue weighted by molar-refractivity contribution is 5.79. The van der Waals surface area contributed by atoms with Gasteiger partial charge in [0.25, 0.3) is 0 Å². The SMILES string of the molecule is NC(=O)OC1(C(=O)O)C[C@H](O)[C@@H](N)[C@H](C(O)C(O)CO)O1. The van der Waals surface area contributed by atoms with E-state index < -0.39 is 61.3 Å². The van der Waals surface area contributed by atoms with Gasteiger partial charge >= 0.3 is 17.8 Å². The molecule has 1 aliphatic rings. The number of amides is 1. The second-order valence-corrected chi connectivity index (χ2v) is 4.65. The van der Waals surface area contributed by atoms with Crippen molar-refractivity contribution in [3.8, 4) is 0 Å². The van der Waals surface area contributed by atoms with Crippen LogP contribution in [0, 0.1) is 0 Å². The Hall–Kier alpha value is -1.50. The number of carbonyl (C=O) groups excluding carboxylic acids is 1. The van der Waals surface area contributed by atoms with Crippen LogP contribution in [-0.4, -0.2) is 80.4 Å². The molecule has 11 heteroatoms. The molecule has 0 bridgehead atoms. The molecule has 9 N–H and O–H groups in total. The third kappa shape index (κ3) is 3.58. The van der Waals surface area contributed by atoms with Crippen LogP contribution in [0.5, 0.6) is 0 Å². The Labute approximate surface area is 118 Å². The quantitative estimate of drug-likeness (QED) is 0.262. The predicted octanol–water partition coefficient (Wildman–Crippen LogP) is -3.95. The molecule has 1 amide bonds. The Morgan fingerprint density at radius 1 is 1.43 bits per heavy atom. The molecule has 1 fully saturated rings. The van der Waals surface area contributed by atoms with Crippen molar-refractivity contribution in [3.05, 3.63) is 0 Å². The van der Waals surface area contributed by atoms with Crippen LogP contribution in [0.25, 0.3) is 0 Å². The second-order valence-electron chi connectivity index (χ2n) is 4.65. The first-order valence-corrected chi connectivity index (χ1v) is 5.95. The number of primary amides is 1. The van der Waals surface area contributed by atoms with Crippen LogP contribution >= 0.6 is 0 Å². The maximum atomic E-state index is 11.3. The van der Waals surface area contributed by atoms with Gasteiger partial charge in [0.05, 0.1) is 25.2 Å². The number of carboxylic acids is 1. The lowest BCUT2D eigenvalue weighted by Gasteiger charge is -2.44. The molecule has 0 radical (unpaired) electrons. The summed E-state index contributed by atoms with van der Waals surface area (Å²) >= 11 is 0. The molecule has 1 heterocycles. The fourth-order valence-electron chi connectivity index (χ4n) is 2.01. The summed E-state index contributed by atoms with van der Waals surface area (Å²) in [5.41, 5.74) is 10.3. The summed E-state index contributed by atoms with van der Waals surface area (Å²) in [6.07, 6.45) is -8.87. The van der Waals surface area contributed by atoms with Crippen LogP contribution in [0.3, 0.4) is 0 Å². The van der Waals surface area contributed by atoms with E-state index in [2.05, 4.69) is 4.74 Å². The van der Waals surface area contributed by atoms with Gasteiger partial charge in [0.15, 0.2) is 0 Å². The number of hydrogen-bond acceptors (Lipinski definition) is 9. The number of carbonyl (C=O) groups is 2. The van der Waals surface area contributed by atoms with Gasteiger partial charge in [0.2, 0.25) is 0 Å². The molecular formula is C10H18N2O9. The Morgan fingerprint density at radius 3 is 2.43 bits per heavy atom. The zero-order valence-electron chi connectivity index (χ0n) is 10.8. The number of nitrogens with two attached hydrogens (primary N) is 2. The lowest BCUT2D eigenvalue weighted by Crippen LogP contribution is -2.66. The van der Waals surface area contributed by atoms with Crippen LogP contribution in [0.4, 0.5) is 4.79 Å². The fourth-order valence-corrected chi connectivity index (χ4v) is 2.01. The Kier molecular flexibility index (Phi) is 5.44. The minimum absolute atomic E-state index is 0.717. The second kappa shape index (κ2) is 6.51. The van der Waals surface area contributed by atoms with Gasteiger partial charge in [-0.2, -0.15) is 0 Å².